The van der Waals surface area contributed by atoms with Gasteiger partial charge in [0.25, 0.3) is 5.91 Å². The standard InChI is InChI=1S/C23H26N4O/c1-16-13-17(2)22(18(3)14-16)26-20-7-11-25-21(15-20)23(28)27(4)12-8-19-5-9-24-10-6-19/h5-7,9-11,13-15H,8,12H2,1-4H3,(H,25,26). The molecule has 0 radical (unpaired) electrons. The third-order valence-electron chi connectivity index (χ3n) is 4.76. The summed E-state index contributed by atoms with van der Waals surface area (Å²) in [7, 11) is 1.81. The van der Waals surface area contributed by atoms with E-state index >= 15 is 0 Å². The molecule has 0 saturated heterocycles. The van der Waals surface area contributed by atoms with Crippen LogP contribution in [0.1, 0.15) is 32.7 Å². The van der Waals surface area contributed by atoms with Crippen LogP contribution in [0.5, 0.6) is 0 Å². The monoisotopic (exact) mass is 374 g/mol. The summed E-state index contributed by atoms with van der Waals surface area (Å²) >= 11 is 0. The second-order valence-electron chi connectivity index (χ2n) is 7.16. The van der Waals surface area contributed by atoms with E-state index in [1.54, 1.807) is 30.5 Å². The Kier molecular flexibility index (Phi) is 6.04. The Labute approximate surface area is 166 Å². The molecule has 1 aromatic carbocycles. The molecule has 3 aromatic rings. The highest BCUT2D eigenvalue weighted by atomic mass is 16.2. The fourth-order valence-electron chi connectivity index (χ4n) is 3.29. The Morgan fingerprint density at radius 2 is 1.68 bits per heavy atom. The van der Waals surface area contributed by atoms with Gasteiger partial charge in [0.15, 0.2) is 0 Å². The average molecular weight is 374 g/mol. The number of amides is 1. The maximum atomic E-state index is 12.8. The van der Waals surface area contributed by atoms with E-state index in [2.05, 4.69) is 48.2 Å². The zero-order valence-electron chi connectivity index (χ0n) is 16.9. The van der Waals surface area contributed by atoms with Crippen LogP contribution in [-0.4, -0.2) is 34.4 Å². The Morgan fingerprint density at radius 1 is 1.00 bits per heavy atom. The van der Waals surface area contributed by atoms with Crippen LogP contribution in [0.15, 0.2) is 55.0 Å². The van der Waals surface area contributed by atoms with Crippen LogP contribution in [0, 0.1) is 20.8 Å². The van der Waals surface area contributed by atoms with Crippen LogP contribution in [-0.2, 0) is 6.42 Å². The lowest BCUT2D eigenvalue weighted by Crippen LogP contribution is -2.29. The average Bonchev–Trinajstić information content (AvgIpc) is 2.69. The molecule has 144 valence electrons. The van der Waals surface area contributed by atoms with Crippen LogP contribution >= 0.6 is 0 Å². The maximum absolute atomic E-state index is 12.8. The highest BCUT2D eigenvalue weighted by molar-refractivity contribution is 5.93. The number of anilines is 2. The van der Waals surface area contributed by atoms with Gasteiger partial charge < -0.3 is 10.2 Å². The minimum absolute atomic E-state index is 0.0879. The molecular weight excluding hydrogens is 348 g/mol. The highest BCUT2D eigenvalue weighted by Gasteiger charge is 2.14. The van der Waals surface area contributed by atoms with Crippen molar-refractivity contribution in [2.45, 2.75) is 27.2 Å². The lowest BCUT2D eigenvalue weighted by Gasteiger charge is -2.18. The third-order valence-corrected chi connectivity index (χ3v) is 4.76. The van der Waals surface area contributed by atoms with Gasteiger partial charge in [-0.3, -0.25) is 14.8 Å². The molecule has 5 nitrogen and oxygen atoms in total. The van der Waals surface area contributed by atoms with Crippen molar-refractivity contribution in [1.82, 2.24) is 14.9 Å². The van der Waals surface area contributed by atoms with E-state index in [0.29, 0.717) is 12.2 Å². The van der Waals surface area contributed by atoms with Crippen molar-refractivity contribution in [3.63, 3.8) is 0 Å². The normalized spacial score (nSPS) is 10.6. The van der Waals surface area contributed by atoms with E-state index in [4.69, 9.17) is 0 Å². The summed E-state index contributed by atoms with van der Waals surface area (Å²) < 4.78 is 0. The lowest BCUT2D eigenvalue weighted by molar-refractivity contribution is 0.0791. The fraction of sp³-hybridized carbons (Fsp3) is 0.261. The fourth-order valence-corrected chi connectivity index (χ4v) is 3.29. The quantitative estimate of drug-likeness (QED) is 0.692. The van der Waals surface area contributed by atoms with Crippen molar-refractivity contribution in [2.24, 2.45) is 0 Å². The molecule has 2 aromatic heterocycles. The van der Waals surface area contributed by atoms with Gasteiger partial charge in [-0.15, -0.1) is 0 Å². The van der Waals surface area contributed by atoms with Gasteiger partial charge in [0, 0.05) is 43.6 Å². The first-order valence-electron chi connectivity index (χ1n) is 9.39. The molecule has 28 heavy (non-hydrogen) atoms. The van der Waals surface area contributed by atoms with Crippen LogP contribution in [0.3, 0.4) is 0 Å². The molecule has 3 rings (SSSR count). The second-order valence-corrected chi connectivity index (χ2v) is 7.16. The first kappa shape index (κ1) is 19.5. The molecule has 0 bridgehead atoms. The number of pyridine rings is 2. The van der Waals surface area contributed by atoms with Crippen molar-refractivity contribution >= 4 is 17.3 Å². The van der Waals surface area contributed by atoms with E-state index < -0.39 is 0 Å². The molecule has 0 atom stereocenters. The van der Waals surface area contributed by atoms with Crippen LogP contribution in [0.4, 0.5) is 11.4 Å². The number of rotatable bonds is 6. The molecule has 1 amide bonds. The number of nitrogens with zero attached hydrogens (tertiary/aromatic N) is 3. The summed E-state index contributed by atoms with van der Waals surface area (Å²) in [4.78, 5) is 22.8. The summed E-state index contributed by atoms with van der Waals surface area (Å²) in [5.74, 6) is -0.0879. The first-order valence-corrected chi connectivity index (χ1v) is 9.39. The number of hydrogen-bond donors (Lipinski definition) is 1. The summed E-state index contributed by atoms with van der Waals surface area (Å²) in [6, 6.07) is 11.9. The molecule has 0 aliphatic heterocycles. The van der Waals surface area contributed by atoms with Crippen molar-refractivity contribution < 1.29 is 4.79 Å². The number of nitrogens with one attached hydrogen (secondary N) is 1. The molecule has 0 aliphatic rings. The number of likely N-dealkylation sites (N-methyl/N-ethyl adjacent to an activating group) is 1. The predicted molar refractivity (Wildman–Crippen MR) is 113 cm³/mol. The molecule has 1 N–H and O–H groups in total. The SMILES string of the molecule is Cc1cc(C)c(Nc2ccnc(C(=O)N(C)CCc3ccncc3)c2)c(C)c1. The van der Waals surface area contributed by atoms with Gasteiger partial charge in [0.1, 0.15) is 5.69 Å². The minimum atomic E-state index is -0.0879. The smallest absolute Gasteiger partial charge is 0.272 e. The Hall–Kier alpha value is -3.21. The van der Waals surface area contributed by atoms with Gasteiger partial charge in [0.05, 0.1) is 0 Å². The number of hydrogen-bond acceptors (Lipinski definition) is 4. The van der Waals surface area contributed by atoms with Crippen molar-refractivity contribution in [3.05, 3.63) is 82.9 Å². The van der Waals surface area contributed by atoms with Crippen LogP contribution in [0.25, 0.3) is 0 Å². The van der Waals surface area contributed by atoms with Crippen molar-refractivity contribution in [3.8, 4) is 0 Å². The first-order chi connectivity index (χ1) is 13.4. The van der Waals surface area contributed by atoms with E-state index in [0.717, 1.165) is 23.4 Å². The summed E-state index contributed by atoms with van der Waals surface area (Å²) in [5, 5.41) is 3.44. The van der Waals surface area contributed by atoms with Gasteiger partial charge in [-0.1, -0.05) is 17.7 Å². The molecule has 0 aliphatic carbocycles. The number of aryl methyl sites for hydroxylation is 3. The highest BCUT2D eigenvalue weighted by Crippen LogP contribution is 2.26. The summed E-state index contributed by atoms with van der Waals surface area (Å²) in [6.45, 7) is 6.89. The van der Waals surface area contributed by atoms with Crippen molar-refractivity contribution in [2.75, 3.05) is 18.9 Å². The van der Waals surface area contributed by atoms with Gasteiger partial charge in [0.2, 0.25) is 0 Å². The van der Waals surface area contributed by atoms with Crippen LogP contribution < -0.4 is 5.32 Å². The van der Waals surface area contributed by atoms with Crippen molar-refractivity contribution in [1.29, 1.82) is 0 Å². The Balaban J connectivity index is 1.71. The maximum Gasteiger partial charge on any atom is 0.272 e. The second kappa shape index (κ2) is 8.65. The predicted octanol–water partition coefficient (Wildman–Crippen LogP) is 4.46. The summed E-state index contributed by atoms with van der Waals surface area (Å²) in [6.07, 6.45) is 5.99. The Bertz CT molecular complexity index is 946. The van der Waals surface area contributed by atoms with E-state index in [1.807, 2.05) is 24.3 Å². The van der Waals surface area contributed by atoms with Gasteiger partial charge in [-0.25, -0.2) is 0 Å². The van der Waals surface area contributed by atoms with Gasteiger partial charge in [-0.05, 0) is 68.1 Å². The zero-order valence-corrected chi connectivity index (χ0v) is 16.9. The summed E-state index contributed by atoms with van der Waals surface area (Å²) in [5.41, 5.74) is 7.11. The molecule has 0 saturated carbocycles. The molecule has 0 spiro atoms. The largest absolute Gasteiger partial charge is 0.355 e. The van der Waals surface area contributed by atoms with E-state index in [1.165, 1.54) is 16.7 Å². The topological polar surface area (TPSA) is 58.1 Å². The zero-order chi connectivity index (χ0) is 20.1. The number of carbonyl (C=O) groups excluding carboxylic acids is 1. The van der Waals surface area contributed by atoms with Crippen LogP contribution in [0.2, 0.25) is 0 Å². The molecular formula is C23H26N4O. The number of benzene rings is 1. The van der Waals surface area contributed by atoms with Gasteiger partial charge in [-0.2, -0.15) is 0 Å². The lowest BCUT2D eigenvalue weighted by atomic mass is 10.0. The molecule has 0 unspecified atom stereocenters. The number of carbonyl (C=O) groups is 1. The van der Waals surface area contributed by atoms with Gasteiger partial charge >= 0.3 is 0 Å². The molecule has 5 heteroatoms. The third kappa shape index (κ3) is 4.74. The van der Waals surface area contributed by atoms with E-state index in [-0.39, 0.29) is 5.91 Å². The molecule has 2 heterocycles. The van der Waals surface area contributed by atoms with E-state index in [9.17, 15) is 4.79 Å². The number of aromatic nitrogens is 2. The minimum Gasteiger partial charge on any atom is -0.355 e. The molecule has 0 fully saturated rings. The Morgan fingerprint density at radius 3 is 2.36 bits per heavy atom.